The van der Waals surface area contributed by atoms with Crippen LogP contribution in [0.15, 0.2) is 0 Å². The van der Waals surface area contributed by atoms with E-state index in [1.54, 1.807) is 7.11 Å². The van der Waals surface area contributed by atoms with Gasteiger partial charge in [0.1, 0.15) is 0 Å². The van der Waals surface area contributed by atoms with Crippen molar-refractivity contribution in [2.45, 2.75) is 37.7 Å². The van der Waals surface area contributed by atoms with E-state index in [-0.39, 0.29) is 0 Å². The fourth-order valence-electron chi connectivity index (χ4n) is 3.64. The van der Waals surface area contributed by atoms with Gasteiger partial charge in [0.2, 0.25) is 0 Å². The number of nitrogens with zero attached hydrogens (tertiary/aromatic N) is 1. The second-order valence-corrected chi connectivity index (χ2v) is 6.10. The van der Waals surface area contributed by atoms with Crippen molar-refractivity contribution in [1.29, 1.82) is 0 Å². The Hall–Kier alpha value is -0.160. The lowest BCUT2D eigenvalue weighted by Gasteiger charge is -2.30. The van der Waals surface area contributed by atoms with E-state index in [4.69, 9.17) is 10.5 Å². The van der Waals surface area contributed by atoms with Crippen molar-refractivity contribution in [1.82, 2.24) is 4.90 Å². The average molecular weight is 256 g/mol. The van der Waals surface area contributed by atoms with E-state index in [0.29, 0.717) is 18.4 Å². The molecule has 1 aliphatic carbocycles. The highest BCUT2D eigenvalue weighted by Gasteiger charge is 2.39. The minimum Gasteiger partial charge on any atom is -0.388 e. The van der Waals surface area contributed by atoms with Gasteiger partial charge in [0.15, 0.2) is 0 Å². The van der Waals surface area contributed by atoms with Crippen LogP contribution in [0.1, 0.15) is 32.1 Å². The number of ether oxygens (including phenoxy) is 1. The largest absolute Gasteiger partial charge is 0.388 e. The molecule has 0 aromatic heterocycles. The zero-order valence-corrected chi connectivity index (χ0v) is 11.6. The summed E-state index contributed by atoms with van der Waals surface area (Å²) in [5, 5.41) is 10.4. The quantitative estimate of drug-likeness (QED) is 0.739. The van der Waals surface area contributed by atoms with Gasteiger partial charge >= 0.3 is 0 Å². The number of rotatable bonds is 6. The van der Waals surface area contributed by atoms with Crippen LogP contribution in [0.4, 0.5) is 0 Å². The summed E-state index contributed by atoms with van der Waals surface area (Å²) in [7, 11) is 1.78. The maximum Gasteiger partial charge on any atom is 0.0797 e. The molecule has 18 heavy (non-hydrogen) atoms. The van der Waals surface area contributed by atoms with Crippen molar-refractivity contribution < 1.29 is 9.84 Å². The molecule has 1 saturated heterocycles. The third kappa shape index (κ3) is 3.23. The molecule has 0 bridgehead atoms. The van der Waals surface area contributed by atoms with Crippen molar-refractivity contribution in [3.05, 3.63) is 0 Å². The van der Waals surface area contributed by atoms with Crippen molar-refractivity contribution in [2.24, 2.45) is 17.6 Å². The van der Waals surface area contributed by atoms with Gasteiger partial charge in [-0.15, -0.1) is 0 Å². The van der Waals surface area contributed by atoms with E-state index in [2.05, 4.69) is 4.90 Å². The summed E-state index contributed by atoms with van der Waals surface area (Å²) in [4.78, 5) is 2.51. The first-order valence-electron chi connectivity index (χ1n) is 7.31. The van der Waals surface area contributed by atoms with Crippen LogP contribution < -0.4 is 5.73 Å². The summed E-state index contributed by atoms with van der Waals surface area (Å²) in [6.07, 6.45) is 5.50. The van der Waals surface area contributed by atoms with Gasteiger partial charge in [-0.05, 0) is 50.6 Å². The van der Waals surface area contributed by atoms with Gasteiger partial charge in [0.25, 0.3) is 0 Å². The topological polar surface area (TPSA) is 58.7 Å². The normalized spacial score (nSPS) is 37.5. The summed E-state index contributed by atoms with van der Waals surface area (Å²) in [5.74, 6) is 1.11. The van der Waals surface area contributed by atoms with E-state index in [0.717, 1.165) is 45.4 Å². The minimum absolute atomic E-state index is 0.406. The van der Waals surface area contributed by atoms with E-state index >= 15 is 0 Å². The first kappa shape index (κ1) is 14.3. The summed E-state index contributed by atoms with van der Waals surface area (Å²) in [5.41, 5.74) is 5.15. The van der Waals surface area contributed by atoms with Gasteiger partial charge in [0, 0.05) is 20.2 Å². The molecule has 4 heteroatoms. The maximum atomic E-state index is 10.4. The lowest BCUT2D eigenvalue weighted by molar-refractivity contribution is 0.00507. The molecule has 0 aromatic carbocycles. The molecule has 0 amide bonds. The van der Waals surface area contributed by atoms with Crippen LogP contribution in [-0.4, -0.2) is 55.5 Å². The van der Waals surface area contributed by atoms with Gasteiger partial charge in [-0.3, -0.25) is 0 Å². The molecule has 3 N–H and O–H groups in total. The Labute approximate surface area is 110 Å². The number of hydrogen-bond acceptors (Lipinski definition) is 4. The van der Waals surface area contributed by atoms with Gasteiger partial charge < -0.3 is 20.5 Å². The highest BCUT2D eigenvalue weighted by atomic mass is 16.5. The summed E-state index contributed by atoms with van der Waals surface area (Å²) in [6, 6.07) is 0. The third-order valence-corrected chi connectivity index (χ3v) is 4.84. The van der Waals surface area contributed by atoms with E-state index in [1.807, 2.05) is 0 Å². The minimum atomic E-state index is -0.578. The predicted molar refractivity (Wildman–Crippen MR) is 72.4 cm³/mol. The number of aliphatic hydroxyl groups is 1. The first-order chi connectivity index (χ1) is 8.68. The van der Waals surface area contributed by atoms with Crippen LogP contribution in [0.5, 0.6) is 0 Å². The molecule has 3 unspecified atom stereocenters. The maximum absolute atomic E-state index is 10.4. The smallest absolute Gasteiger partial charge is 0.0797 e. The Balaban J connectivity index is 1.72. The standard InChI is InChI=1S/C14H28N2O2/c1-18-10-12-4-7-16(9-12)8-5-13-3-2-6-14(13,17)11-15/h12-13,17H,2-11,15H2,1H3. The Morgan fingerprint density at radius 3 is 3.00 bits per heavy atom. The van der Waals surface area contributed by atoms with Gasteiger partial charge in [0.05, 0.1) is 12.2 Å². The Morgan fingerprint density at radius 2 is 2.28 bits per heavy atom. The molecule has 1 aliphatic heterocycles. The average Bonchev–Trinajstić information content (AvgIpc) is 2.95. The van der Waals surface area contributed by atoms with Gasteiger partial charge in [-0.2, -0.15) is 0 Å². The molecular weight excluding hydrogens is 228 g/mol. The zero-order chi connectivity index (χ0) is 13.0. The summed E-state index contributed by atoms with van der Waals surface area (Å²) in [6.45, 7) is 4.74. The van der Waals surface area contributed by atoms with Crippen LogP contribution in [-0.2, 0) is 4.74 Å². The van der Waals surface area contributed by atoms with Crippen molar-refractivity contribution in [2.75, 3.05) is 39.9 Å². The SMILES string of the molecule is COCC1CCN(CCC2CCCC2(O)CN)C1. The van der Waals surface area contributed by atoms with Crippen LogP contribution in [0.3, 0.4) is 0 Å². The highest BCUT2D eigenvalue weighted by Crippen LogP contribution is 2.37. The van der Waals surface area contributed by atoms with Gasteiger partial charge in [-0.1, -0.05) is 6.42 Å². The molecule has 106 valence electrons. The summed E-state index contributed by atoms with van der Waals surface area (Å²) >= 11 is 0. The fraction of sp³-hybridized carbons (Fsp3) is 1.00. The Kier molecular flexibility index (Phi) is 5.01. The van der Waals surface area contributed by atoms with Crippen LogP contribution >= 0.6 is 0 Å². The zero-order valence-electron chi connectivity index (χ0n) is 11.6. The molecule has 2 rings (SSSR count). The third-order valence-electron chi connectivity index (χ3n) is 4.84. The second kappa shape index (κ2) is 6.33. The van der Waals surface area contributed by atoms with Crippen LogP contribution in [0.25, 0.3) is 0 Å². The second-order valence-electron chi connectivity index (χ2n) is 6.10. The number of hydrogen-bond donors (Lipinski definition) is 2. The fourth-order valence-corrected chi connectivity index (χ4v) is 3.64. The molecule has 1 saturated carbocycles. The molecule has 1 heterocycles. The van der Waals surface area contributed by atoms with Crippen molar-refractivity contribution in [3.8, 4) is 0 Å². The van der Waals surface area contributed by atoms with Crippen molar-refractivity contribution in [3.63, 3.8) is 0 Å². The Bertz CT molecular complexity index is 262. The van der Waals surface area contributed by atoms with Gasteiger partial charge in [-0.25, -0.2) is 0 Å². The predicted octanol–water partition coefficient (Wildman–Crippen LogP) is 0.835. The van der Waals surface area contributed by atoms with E-state index in [1.165, 1.54) is 13.0 Å². The lowest BCUT2D eigenvalue weighted by atomic mass is 9.88. The Morgan fingerprint density at radius 1 is 1.44 bits per heavy atom. The first-order valence-corrected chi connectivity index (χ1v) is 7.31. The molecule has 0 spiro atoms. The molecule has 4 nitrogen and oxygen atoms in total. The highest BCUT2D eigenvalue weighted by molar-refractivity contribution is 4.93. The number of nitrogens with two attached hydrogens (primary N) is 1. The molecule has 3 atom stereocenters. The molecule has 2 aliphatic rings. The lowest BCUT2D eigenvalue weighted by Crippen LogP contribution is -2.42. The van der Waals surface area contributed by atoms with Crippen LogP contribution in [0.2, 0.25) is 0 Å². The molecule has 2 fully saturated rings. The molecule has 0 aromatic rings. The number of methoxy groups -OCH3 is 1. The van der Waals surface area contributed by atoms with Crippen molar-refractivity contribution >= 4 is 0 Å². The summed E-state index contributed by atoms with van der Waals surface area (Å²) < 4.78 is 5.22. The van der Waals surface area contributed by atoms with Crippen LogP contribution in [0, 0.1) is 11.8 Å². The monoisotopic (exact) mass is 256 g/mol. The molecule has 0 radical (unpaired) electrons. The van der Waals surface area contributed by atoms with E-state index < -0.39 is 5.60 Å². The number of likely N-dealkylation sites (tertiary alicyclic amines) is 1. The van der Waals surface area contributed by atoms with E-state index in [9.17, 15) is 5.11 Å². The molecular formula is C14H28N2O2.